The van der Waals surface area contributed by atoms with Crippen LogP contribution < -0.4 is 10.6 Å². The Morgan fingerprint density at radius 2 is 2.26 bits per heavy atom. The van der Waals surface area contributed by atoms with Gasteiger partial charge in [-0.05, 0) is 30.5 Å². The van der Waals surface area contributed by atoms with Crippen molar-refractivity contribution in [3.05, 3.63) is 23.8 Å². The van der Waals surface area contributed by atoms with Gasteiger partial charge in [0.15, 0.2) is 5.12 Å². The number of thioether (sulfide) groups is 1. The standard InChI is InChI=1S/C14H18N2O2S/c1-9-3-4-12(15)13(5-9)16-7-11(6-14(16)18)8-19-10(2)17/h3-5,11H,6-8,15H2,1-2H3. The first-order valence-corrected chi connectivity index (χ1v) is 7.26. The molecule has 1 aromatic carbocycles. The highest BCUT2D eigenvalue weighted by Crippen LogP contribution is 2.31. The molecule has 4 nitrogen and oxygen atoms in total. The quantitative estimate of drug-likeness (QED) is 0.861. The van der Waals surface area contributed by atoms with Gasteiger partial charge in [0.25, 0.3) is 0 Å². The molecule has 2 N–H and O–H groups in total. The highest BCUT2D eigenvalue weighted by atomic mass is 32.2. The van der Waals surface area contributed by atoms with Gasteiger partial charge in [-0.3, -0.25) is 9.59 Å². The Morgan fingerprint density at radius 3 is 2.95 bits per heavy atom. The third-order valence-electron chi connectivity index (χ3n) is 3.20. The van der Waals surface area contributed by atoms with E-state index in [1.165, 1.54) is 11.8 Å². The maximum absolute atomic E-state index is 12.1. The molecule has 1 aromatic rings. The zero-order chi connectivity index (χ0) is 14.0. The SMILES string of the molecule is CC(=O)SCC1CC(=O)N(c2cc(C)ccc2N)C1. The first kappa shape index (κ1) is 13.9. The normalized spacial score (nSPS) is 18.9. The molecule has 5 heteroatoms. The molecular formula is C14H18N2O2S. The fourth-order valence-electron chi connectivity index (χ4n) is 2.25. The van der Waals surface area contributed by atoms with Gasteiger partial charge in [-0.25, -0.2) is 0 Å². The average Bonchev–Trinajstić information content (AvgIpc) is 2.71. The summed E-state index contributed by atoms with van der Waals surface area (Å²) in [5, 5.41) is 0.0981. The van der Waals surface area contributed by atoms with E-state index in [2.05, 4.69) is 0 Å². The maximum Gasteiger partial charge on any atom is 0.227 e. The molecule has 0 radical (unpaired) electrons. The van der Waals surface area contributed by atoms with Crippen molar-refractivity contribution < 1.29 is 9.59 Å². The summed E-state index contributed by atoms with van der Waals surface area (Å²) in [4.78, 5) is 24.8. The topological polar surface area (TPSA) is 63.4 Å². The van der Waals surface area contributed by atoms with Crippen LogP contribution in [-0.4, -0.2) is 23.3 Å². The number of nitrogen functional groups attached to an aromatic ring is 1. The molecule has 1 atom stereocenters. The monoisotopic (exact) mass is 278 g/mol. The second kappa shape index (κ2) is 5.65. The summed E-state index contributed by atoms with van der Waals surface area (Å²) in [7, 11) is 0. The summed E-state index contributed by atoms with van der Waals surface area (Å²) >= 11 is 1.29. The lowest BCUT2D eigenvalue weighted by Gasteiger charge is -2.19. The van der Waals surface area contributed by atoms with Crippen LogP contribution in [0, 0.1) is 12.8 Å². The van der Waals surface area contributed by atoms with Gasteiger partial charge in [-0.2, -0.15) is 0 Å². The molecule has 1 saturated heterocycles. The Kier molecular flexibility index (Phi) is 4.14. The number of nitrogens with two attached hydrogens (primary N) is 1. The third-order valence-corrected chi connectivity index (χ3v) is 4.25. The predicted octanol–water partition coefficient (Wildman–Crippen LogP) is 2.21. The van der Waals surface area contributed by atoms with Gasteiger partial charge in [-0.15, -0.1) is 0 Å². The van der Waals surface area contributed by atoms with Crippen LogP contribution in [0.4, 0.5) is 11.4 Å². The van der Waals surface area contributed by atoms with Crippen LogP contribution in [0.15, 0.2) is 18.2 Å². The first-order valence-electron chi connectivity index (χ1n) is 6.27. The van der Waals surface area contributed by atoms with Crippen molar-refractivity contribution in [1.29, 1.82) is 0 Å². The van der Waals surface area contributed by atoms with Gasteiger partial charge < -0.3 is 10.6 Å². The van der Waals surface area contributed by atoms with Crippen molar-refractivity contribution in [3.63, 3.8) is 0 Å². The zero-order valence-corrected chi connectivity index (χ0v) is 12.0. The summed E-state index contributed by atoms with van der Waals surface area (Å²) in [6.45, 7) is 4.18. The third kappa shape index (κ3) is 3.29. The van der Waals surface area contributed by atoms with Gasteiger partial charge in [0, 0.05) is 25.6 Å². The molecule has 1 aliphatic rings. The van der Waals surface area contributed by atoms with Crippen LogP contribution in [0.5, 0.6) is 0 Å². The number of carbonyl (C=O) groups is 2. The molecule has 1 unspecified atom stereocenters. The number of benzene rings is 1. The van der Waals surface area contributed by atoms with Gasteiger partial charge in [-0.1, -0.05) is 17.8 Å². The predicted molar refractivity (Wildman–Crippen MR) is 79.2 cm³/mol. The number of hydrogen-bond donors (Lipinski definition) is 1. The Morgan fingerprint density at radius 1 is 1.53 bits per heavy atom. The summed E-state index contributed by atoms with van der Waals surface area (Å²) in [6.07, 6.45) is 0.494. The van der Waals surface area contributed by atoms with Crippen LogP contribution >= 0.6 is 11.8 Å². The minimum absolute atomic E-state index is 0.0893. The van der Waals surface area contributed by atoms with E-state index in [1.54, 1.807) is 11.8 Å². The number of carbonyl (C=O) groups excluding carboxylic acids is 2. The second-order valence-corrected chi connectivity index (χ2v) is 6.14. The maximum atomic E-state index is 12.1. The van der Waals surface area contributed by atoms with E-state index in [4.69, 9.17) is 5.73 Å². The van der Waals surface area contributed by atoms with Gasteiger partial charge in [0.1, 0.15) is 0 Å². The minimum Gasteiger partial charge on any atom is -0.397 e. The van der Waals surface area contributed by atoms with Crippen LogP contribution in [0.25, 0.3) is 0 Å². The molecular weight excluding hydrogens is 260 g/mol. The van der Waals surface area contributed by atoms with Crippen molar-refractivity contribution in [1.82, 2.24) is 0 Å². The zero-order valence-electron chi connectivity index (χ0n) is 11.2. The Labute approximate surface area is 117 Å². The van der Waals surface area contributed by atoms with Gasteiger partial charge in [0.2, 0.25) is 5.91 Å². The highest BCUT2D eigenvalue weighted by Gasteiger charge is 2.31. The van der Waals surface area contributed by atoms with Crippen molar-refractivity contribution >= 4 is 34.2 Å². The molecule has 0 aromatic heterocycles. The van der Waals surface area contributed by atoms with Crippen LogP contribution in [0.3, 0.4) is 0 Å². The van der Waals surface area contributed by atoms with E-state index in [1.807, 2.05) is 25.1 Å². The molecule has 0 aliphatic carbocycles. The molecule has 1 fully saturated rings. The van der Waals surface area contributed by atoms with Crippen LogP contribution in [0.2, 0.25) is 0 Å². The molecule has 19 heavy (non-hydrogen) atoms. The molecule has 0 bridgehead atoms. The van der Waals surface area contributed by atoms with Gasteiger partial charge >= 0.3 is 0 Å². The summed E-state index contributed by atoms with van der Waals surface area (Å²) in [5.41, 5.74) is 8.44. The van der Waals surface area contributed by atoms with E-state index < -0.39 is 0 Å². The number of nitrogens with zero attached hydrogens (tertiary/aromatic N) is 1. The van der Waals surface area contributed by atoms with Crippen molar-refractivity contribution in [2.45, 2.75) is 20.3 Å². The summed E-state index contributed by atoms with van der Waals surface area (Å²) < 4.78 is 0. The second-order valence-electron chi connectivity index (χ2n) is 4.94. The number of amides is 1. The van der Waals surface area contributed by atoms with Crippen LogP contribution in [0.1, 0.15) is 18.9 Å². The lowest BCUT2D eigenvalue weighted by Crippen LogP contribution is -2.25. The molecule has 0 saturated carbocycles. The fraction of sp³-hybridized carbons (Fsp3) is 0.429. The summed E-state index contributed by atoms with van der Waals surface area (Å²) in [6, 6.07) is 5.70. The molecule has 1 amide bonds. The highest BCUT2D eigenvalue weighted by molar-refractivity contribution is 8.13. The number of aryl methyl sites for hydroxylation is 1. The molecule has 1 aliphatic heterocycles. The largest absolute Gasteiger partial charge is 0.397 e. The molecule has 1 heterocycles. The Bertz CT molecular complexity index is 516. The van der Waals surface area contributed by atoms with Crippen molar-refractivity contribution in [2.24, 2.45) is 5.92 Å². The fourth-order valence-corrected chi connectivity index (χ4v) is 2.94. The lowest BCUT2D eigenvalue weighted by molar-refractivity contribution is -0.117. The number of rotatable bonds is 3. The minimum atomic E-state index is 0.0893. The molecule has 0 spiro atoms. The first-order chi connectivity index (χ1) is 8.97. The van der Waals surface area contributed by atoms with E-state index in [-0.39, 0.29) is 16.9 Å². The van der Waals surface area contributed by atoms with E-state index >= 15 is 0 Å². The number of hydrogen-bond acceptors (Lipinski definition) is 4. The van der Waals surface area contributed by atoms with Crippen LogP contribution in [-0.2, 0) is 9.59 Å². The van der Waals surface area contributed by atoms with E-state index in [9.17, 15) is 9.59 Å². The van der Waals surface area contributed by atoms with Gasteiger partial charge in [0.05, 0.1) is 11.4 Å². The molecule has 2 rings (SSSR count). The molecule has 102 valence electrons. The van der Waals surface area contributed by atoms with Crippen molar-refractivity contribution in [2.75, 3.05) is 22.9 Å². The smallest absolute Gasteiger partial charge is 0.227 e. The number of anilines is 2. The Balaban J connectivity index is 2.11. The van der Waals surface area contributed by atoms with Crippen molar-refractivity contribution in [3.8, 4) is 0 Å². The summed E-state index contributed by atoms with van der Waals surface area (Å²) in [5.74, 6) is 1.01. The Hall–Kier alpha value is -1.49. The lowest BCUT2D eigenvalue weighted by atomic mass is 10.1. The van der Waals surface area contributed by atoms with E-state index in [0.29, 0.717) is 24.4 Å². The average molecular weight is 278 g/mol. The van der Waals surface area contributed by atoms with E-state index in [0.717, 1.165) is 11.3 Å².